The second kappa shape index (κ2) is 7.94. The van der Waals surface area contributed by atoms with E-state index in [-0.39, 0.29) is 11.7 Å². The lowest BCUT2D eigenvalue weighted by atomic mass is 9.72. The molecule has 32 heavy (non-hydrogen) atoms. The number of rotatable bonds is 3. The molecule has 0 saturated heterocycles. The van der Waals surface area contributed by atoms with Crippen LogP contribution in [-0.2, 0) is 4.74 Å². The monoisotopic (exact) mass is 418 g/mol. The van der Waals surface area contributed by atoms with Gasteiger partial charge in [0.2, 0.25) is 5.78 Å². The van der Waals surface area contributed by atoms with Gasteiger partial charge in [0, 0.05) is 17.0 Å². The van der Waals surface area contributed by atoms with E-state index in [4.69, 9.17) is 4.74 Å². The fraction of sp³-hybridized carbons (Fsp3) is 0.233. The number of ether oxygens (including phenoxy) is 1. The van der Waals surface area contributed by atoms with Gasteiger partial charge in [-0.2, -0.15) is 0 Å². The number of carbonyl (C=O) groups excluding carboxylic acids is 1. The van der Waals surface area contributed by atoms with E-state index in [0.717, 1.165) is 40.5 Å². The second-order valence-corrected chi connectivity index (χ2v) is 9.17. The molecule has 1 aliphatic heterocycles. The molecular formula is C30H26O2. The number of fused-ring (bicyclic) bond motifs is 3. The lowest BCUT2D eigenvalue weighted by Gasteiger charge is -2.39. The molecule has 4 aromatic carbocycles. The number of hydrogen-bond acceptors (Lipinski definition) is 2. The summed E-state index contributed by atoms with van der Waals surface area (Å²) < 4.78 is 6.53. The van der Waals surface area contributed by atoms with Crippen molar-refractivity contribution < 1.29 is 9.53 Å². The van der Waals surface area contributed by atoms with Crippen molar-refractivity contribution in [3.8, 4) is 0 Å². The van der Waals surface area contributed by atoms with Gasteiger partial charge in [-0.25, -0.2) is 0 Å². The molecule has 3 atom stereocenters. The Hall–Kier alpha value is -3.39. The van der Waals surface area contributed by atoms with E-state index in [1.165, 1.54) is 23.6 Å². The van der Waals surface area contributed by atoms with Crippen LogP contribution in [0.5, 0.6) is 0 Å². The maximum absolute atomic E-state index is 13.7. The molecule has 4 aromatic rings. The smallest absolute Gasteiger partial charge is 0.203 e. The van der Waals surface area contributed by atoms with E-state index in [1.807, 2.05) is 30.3 Å². The van der Waals surface area contributed by atoms with Crippen LogP contribution in [-0.4, -0.2) is 11.9 Å². The summed E-state index contributed by atoms with van der Waals surface area (Å²) in [5, 5.41) is 4.66. The number of Topliss-reactive ketones (excluding diaryl/α,β-unsaturated/α-hetero) is 1. The third kappa shape index (κ3) is 3.40. The Bertz CT molecular complexity index is 1350. The standard InChI is InChI=1S/C30H26O2/c31-29(26-16-14-21-8-2-4-10-23(21)18-26)30-27-12-6-5-11-24(27)19-28(32-30)25-15-13-20-7-1-3-9-22(20)17-25/h1-4,7-10,13-19,24,27,30H,5-6,11-12H2/t24-,27+,30+/m1/s1. The van der Waals surface area contributed by atoms with Crippen molar-refractivity contribution in [1.82, 2.24) is 0 Å². The van der Waals surface area contributed by atoms with E-state index in [9.17, 15) is 4.79 Å². The van der Waals surface area contributed by atoms with E-state index in [1.54, 1.807) is 0 Å². The van der Waals surface area contributed by atoms with Gasteiger partial charge < -0.3 is 4.74 Å². The largest absolute Gasteiger partial charge is 0.482 e. The minimum absolute atomic E-state index is 0.110. The Labute approximate surface area is 188 Å². The molecule has 0 radical (unpaired) electrons. The van der Waals surface area contributed by atoms with Crippen LogP contribution in [0.1, 0.15) is 41.6 Å². The molecule has 1 aliphatic carbocycles. The molecule has 2 heteroatoms. The Morgan fingerprint density at radius 3 is 2.16 bits per heavy atom. The Kier molecular flexibility index (Phi) is 4.79. The highest BCUT2D eigenvalue weighted by atomic mass is 16.5. The highest BCUT2D eigenvalue weighted by molar-refractivity contribution is 6.03. The molecular weight excluding hydrogens is 392 g/mol. The summed E-state index contributed by atoms with van der Waals surface area (Å²) >= 11 is 0. The molecule has 0 unspecified atom stereocenters. The van der Waals surface area contributed by atoms with Gasteiger partial charge in [0.05, 0.1) is 0 Å². The van der Waals surface area contributed by atoms with Gasteiger partial charge in [-0.05, 0) is 58.5 Å². The van der Waals surface area contributed by atoms with Crippen molar-refractivity contribution in [3.05, 3.63) is 102 Å². The van der Waals surface area contributed by atoms with Crippen LogP contribution in [0, 0.1) is 11.8 Å². The van der Waals surface area contributed by atoms with Crippen molar-refractivity contribution >= 4 is 33.1 Å². The van der Waals surface area contributed by atoms with Crippen LogP contribution in [0.15, 0.2) is 91.0 Å². The molecule has 0 N–H and O–H groups in total. The summed E-state index contributed by atoms with van der Waals surface area (Å²) in [4.78, 5) is 13.7. The summed E-state index contributed by atoms with van der Waals surface area (Å²) in [7, 11) is 0. The quantitative estimate of drug-likeness (QED) is 0.324. The highest BCUT2D eigenvalue weighted by Gasteiger charge is 2.40. The van der Waals surface area contributed by atoms with Crippen LogP contribution in [0.25, 0.3) is 27.3 Å². The number of ketones is 1. The summed E-state index contributed by atoms with van der Waals surface area (Å²) in [5.41, 5.74) is 1.81. The lowest BCUT2D eigenvalue weighted by Crippen LogP contribution is -2.40. The SMILES string of the molecule is O=C(c1ccc2ccccc2c1)[C@H]1OC(c2ccc3ccccc3c2)=C[C@H]2CCCC[C@H]12. The minimum atomic E-state index is -0.423. The van der Waals surface area contributed by atoms with Crippen LogP contribution in [0.2, 0.25) is 0 Å². The molecule has 2 aliphatic rings. The van der Waals surface area contributed by atoms with Crippen molar-refractivity contribution in [3.63, 3.8) is 0 Å². The molecule has 6 rings (SSSR count). The summed E-state index contributed by atoms with van der Waals surface area (Å²) in [5.74, 6) is 1.62. The van der Waals surface area contributed by atoms with Gasteiger partial charge in [0.1, 0.15) is 5.76 Å². The summed E-state index contributed by atoms with van der Waals surface area (Å²) in [6, 6.07) is 29.0. The lowest BCUT2D eigenvalue weighted by molar-refractivity contribution is 0.0352. The average molecular weight is 419 g/mol. The first-order valence-corrected chi connectivity index (χ1v) is 11.7. The molecule has 0 bridgehead atoms. The van der Waals surface area contributed by atoms with Gasteiger partial charge in [0.15, 0.2) is 6.10 Å². The van der Waals surface area contributed by atoms with Gasteiger partial charge >= 0.3 is 0 Å². The van der Waals surface area contributed by atoms with Crippen molar-refractivity contribution in [1.29, 1.82) is 0 Å². The molecule has 0 spiro atoms. The summed E-state index contributed by atoms with van der Waals surface area (Å²) in [6.45, 7) is 0. The van der Waals surface area contributed by atoms with Crippen molar-refractivity contribution in [2.24, 2.45) is 11.8 Å². The van der Waals surface area contributed by atoms with E-state index in [2.05, 4.69) is 60.7 Å². The number of hydrogen-bond donors (Lipinski definition) is 0. The Balaban J connectivity index is 1.38. The molecule has 0 amide bonds. The fourth-order valence-corrected chi connectivity index (χ4v) is 5.49. The van der Waals surface area contributed by atoms with Gasteiger partial charge in [-0.1, -0.05) is 85.6 Å². The van der Waals surface area contributed by atoms with Crippen LogP contribution < -0.4 is 0 Å². The minimum Gasteiger partial charge on any atom is -0.482 e. The zero-order chi connectivity index (χ0) is 21.5. The number of allylic oxidation sites excluding steroid dienone is 1. The summed E-state index contributed by atoms with van der Waals surface area (Å²) in [6.07, 6.45) is 6.44. The predicted octanol–water partition coefficient (Wildman–Crippen LogP) is 7.42. The topological polar surface area (TPSA) is 26.3 Å². The first-order chi connectivity index (χ1) is 15.8. The number of carbonyl (C=O) groups is 1. The van der Waals surface area contributed by atoms with E-state index < -0.39 is 6.10 Å². The molecule has 1 saturated carbocycles. The van der Waals surface area contributed by atoms with E-state index >= 15 is 0 Å². The van der Waals surface area contributed by atoms with Crippen LogP contribution in [0.4, 0.5) is 0 Å². The number of benzene rings is 4. The highest BCUT2D eigenvalue weighted by Crippen LogP contribution is 2.42. The maximum Gasteiger partial charge on any atom is 0.203 e. The Morgan fingerprint density at radius 1 is 0.719 bits per heavy atom. The molecule has 1 heterocycles. The van der Waals surface area contributed by atoms with Crippen LogP contribution >= 0.6 is 0 Å². The van der Waals surface area contributed by atoms with Crippen molar-refractivity contribution in [2.75, 3.05) is 0 Å². The Morgan fingerprint density at radius 2 is 1.38 bits per heavy atom. The third-order valence-corrected chi connectivity index (χ3v) is 7.21. The first-order valence-electron chi connectivity index (χ1n) is 11.7. The normalized spacial score (nSPS) is 22.8. The third-order valence-electron chi connectivity index (χ3n) is 7.21. The molecule has 0 aromatic heterocycles. The van der Waals surface area contributed by atoms with E-state index in [0.29, 0.717) is 5.92 Å². The zero-order valence-electron chi connectivity index (χ0n) is 18.0. The maximum atomic E-state index is 13.7. The molecule has 158 valence electrons. The first kappa shape index (κ1) is 19.3. The molecule has 1 fully saturated rings. The zero-order valence-corrected chi connectivity index (χ0v) is 18.0. The van der Waals surface area contributed by atoms with Gasteiger partial charge in [0.25, 0.3) is 0 Å². The van der Waals surface area contributed by atoms with Gasteiger partial charge in [-0.15, -0.1) is 0 Å². The van der Waals surface area contributed by atoms with Crippen molar-refractivity contribution in [2.45, 2.75) is 31.8 Å². The second-order valence-electron chi connectivity index (χ2n) is 9.17. The predicted molar refractivity (Wildman–Crippen MR) is 131 cm³/mol. The van der Waals surface area contributed by atoms with Gasteiger partial charge in [-0.3, -0.25) is 4.79 Å². The molecule has 2 nitrogen and oxygen atoms in total. The van der Waals surface area contributed by atoms with Crippen LogP contribution in [0.3, 0.4) is 0 Å². The fourth-order valence-electron chi connectivity index (χ4n) is 5.49. The average Bonchev–Trinajstić information content (AvgIpc) is 2.87.